The summed E-state index contributed by atoms with van der Waals surface area (Å²) < 4.78 is 0. The van der Waals surface area contributed by atoms with E-state index in [0.717, 1.165) is 0 Å². The molecule has 0 fully saturated rings. The van der Waals surface area contributed by atoms with Gasteiger partial charge in [-0.15, -0.1) is 0 Å². The van der Waals surface area contributed by atoms with Crippen LogP contribution in [0.4, 0.5) is 0 Å². The van der Waals surface area contributed by atoms with Crippen LogP contribution in [-0.4, -0.2) is 103 Å². The van der Waals surface area contributed by atoms with Crippen LogP contribution in [0.1, 0.15) is 112 Å². The highest BCUT2D eigenvalue weighted by atomic mass is 16.2. The minimum Gasteiger partial charge on any atom is -0.356 e. The molecule has 0 saturated heterocycles. The van der Waals surface area contributed by atoms with E-state index in [0.29, 0.717) is 25.8 Å². The SMILES string of the molecule is CNC(CC(C)=O)CC(=O)NCCCCC(CC(C)=O)NC(=O)CC(CC(=O)NC(CC(C)=O)CC(C)=O)NC(=O)CC(CC(C)=O)NC. The fourth-order valence-electron chi connectivity index (χ4n) is 5.43. The Hall–Kier alpha value is -3.85. The predicted octanol–water partition coefficient (Wildman–Crippen LogP) is 0.359. The third-order valence-electron chi connectivity index (χ3n) is 7.61. The molecule has 15 heteroatoms. The van der Waals surface area contributed by atoms with Gasteiger partial charge in [-0.2, -0.15) is 0 Å². The van der Waals surface area contributed by atoms with Crippen LogP contribution in [0.15, 0.2) is 0 Å². The van der Waals surface area contributed by atoms with Crippen LogP contribution in [0.5, 0.6) is 0 Å². The Labute approximate surface area is 290 Å². The van der Waals surface area contributed by atoms with Crippen molar-refractivity contribution in [2.45, 2.75) is 142 Å². The molecule has 4 amide bonds. The second-order valence-corrected chi connectivity index (χ2v) is 13.0. The third kappa shape index (κ3) is 24.9. The highest BCUT2D eigenvalue weighted by Crippen LogP contribution is 2.10. The molecule has 0 aromatic carbocycles. The van der Waals surface area contributed by atoms with Gasteiger partial charge in [-0.3, -0.25) is 43.2 Å². The molecule has 0 saturated carbocycles. The topological polar surface area (TPSA) is 226 Å². The van der Waals surface area contributed by atoms with Crippen LogP contribution in [0.25, 0.3) is 0 Å². The van der Waals surface area contributed by atoms with E-state index in [1.807, 2.05) is 0 Å². The summed E-state index contributed by atoms with van der Waals surface area (Å²) in [5.41, 5.74) is 0. The predicted molar refractivity (Wildman–Crippen MR) is 183 cm³/mol. The number of Topliss-reactive ketones (excluding diaryl/α,β-unsaturated/α-hetero) is 5. The molecule has 0 aromatic rings. The van der Waals surface area contributed by atoms with Crippen molar-refractivity contribution in [1.82, 2.24) is 31.9 Å². The van der Waals surface area contributed by atoms with Crippen LogP contribution in [0, 0.1) is 0 Å². The van der Waals surface area contributed by atoms with Crippen molar-refractivity contribution >= 4 is 52.5 Å². The van der Waals surface area contributed by atoms with E-state index in [4.69, 9.17) is 0 Å². The first-order chi connectivity index (χ1) is 22.9. The van der Waals surface area contributed by atoms with E-state index in [1.165, 1.54) is 34.6 Å². The average molecular weight is 695 g/mol. The van der Waals surface area contributed by atoms with E-state index in [9.17, 15) is 43.2 Å². The minimum atomic E-state index is -0.963. The molecule has 4 atom stereocenters. The maximum absolute atomic E-state index is 13.2. The van der Waals surface area contributed by atoms with E-state index in [2.05, 4.69) is 31.9 Å². The molecule has 0 radical (unpaired) electrons. The number of ketones is 5. The molecule has 15 nitrogen and oxygen atoms in total. The maximum atomic E-state index is 13.2. The lowest BCUT2D eigenvalue weighted by molar-refractivity contribution is -0.126. The van der Waals surface area contributed by atoms with Gasteiger partial charge in [0.05, 0.1) is 0 Å². The Kier molecular flexibility index (Phi) is 23.2. The lowest BCUT2D eigenvalue weighted by atomic mass is 10.0. The van der Waals surface area contributed by atoms with Crippen molar-refractivity contribution in [1.29, 1.82) is 0 Å². The number of amides is 4. The molecule has 4 unspecified atom stereocenters. The molecule has 278 valence electrons. The number of rotatable bonds is 28. The van der Waals surface area contributed by atoms with Crippen molar-refractivity contribution in [3.05, 3.63) is 0 Å². The summed E-state index contributed by atoms with van der Waals surface area (Å²) in [6, 6.07) is -2.91. The summed E-state index contributed by atoms with van der Waals surface area (Å²) in [7, 11) is 3.30. The third-order valence-corrected chi connectivity index (χ3v) is 7.61. The number of nitrogens with one attached hydrogen (secondary N) is 6. The lowest BCUT2D eigenvalue weighted by Crippen LogP contribution is -2.47. The average Bonchev–Trinajstić information content (AvgIpc) is 2.94. The Morgan fingerprint density at radius 3 is 1.08 bits per heavy atom. The molecule has 0 aliphatic heterocycles. The number of hydrogen-bond donors (Lipinski definition) is 6. The molecule has 0 aromatic heterocycles. The Bertz CT molecular complexity index is 1140. The summed E-state index contributed by atoms with van der Waals surface area (Å²) in [6.07, 6.45) is 1.40. The van der Waals surface area contributed by atoms with Crippen molar-refractivity contribution in [3.63, 3.8) is 0 Å². The first-order valence-electron chi connectivity index (χ1n) is 16.9. The molecule has 0 rings (SSSR count). The molecule has 0 bridgehead atoms. The molecular weight excluding hydrogens is 636 g/mol. The maximum Gasteiger partial charge on any atom is 0.222 e. The highest BCUT2D eigenvalue weighted by Gasteiger charge is 2.25. The van der Waals surface area contributed by atoms with Crippen molar-refractivity contribution in [2.75, 3.05) is 20.6 Å². The zero-order chi connectivity index (χ0) is 37.5. The van der Waals surface area contributed by atoms with Crippen LogP contribution in [0.3, 0.4) is 0 Å². The summed E-state index contributed by atoms with van der Waals surface area (Å²) in [4.78, 5) is 110. The molecule has 0 aliphatic rings. The van der Waals surface area contributed by atoms with Crippen LogP contribution in [0.2, 0.25) is 0 Å². The van der Waals surface area contributed by atoms with E-state index in [1.54, 1.807) is 14.1 Å². The summed E-state index contributed by atoms with van der Waals surface area (Å²) in [5.74, 6) is -2.45. The zero-order valence-electron chi connectivity index (χ0n) is 30.3. The summed E-state index contributed by atoms with van der Waals surface area (Å²) in [6.45, 7) is 7.35. The van der Waals surface area contributed by atoms with E-state index in [-0.39, 0.29) is 98.7 Å². The Morgan fingerprint density at radius 2 is 0.694 bits per heavy atom. The van der Waals surface area contributed by atoms with Crippen molar-refractivity contribution in [3.8, 4) is 0 Å². The summed E-state index contributed by atoms with van der Waals surface area (Å²) >= 11 is 0. The largest absolute Gasteiger partial charge is 0.356 e. The Morgan fingerprint density at radius 1 is 0.388 bits per heavy atom. The van der Waals surface area contributed by atoms with Gasteiger partial charge in [-0.25, -0.2) is 0 Å². The molecule has 0 spiro atoms. The second-order valence-electron chi connectivity index (χ2n) is 13.0. The van der Waals surface area contributed by atoms with Gasteiger partial charge in [0.25, 0.3) is 0 Å². The normalized spacial score (nSPS) is 13.4. The minimum absolute atomic E-state index is 0.0160. The van der Waals surface area contributed by atoms with Crippen LogP contribution >= 0.6 is 0 Å². The molecule has 0 aliphatic carbocycles. The quantitative estimate of drug-likeness (QED) is 0.0613. The number of carbonyl (C=O) groups is 9. The number of hydrogen-bond acceptors (Lipinski definition) is 11. The van der Waals surface area contributed by atoms with Gasteiger partial charge in [0.2, 0.25) is 23.6 Å². The standard InChI is InChI=1S/C34H58N6O9/c1-21(41)12-26(10-8-9-11-37-31(46)17-27(35-6)13-22(2)42)38-33(48)19-30(40-32(47)18-28(36-7)14-23(3)43)20-34(49)39-29(15-24(4)44)16-25(5)45/h26-30,35-36H,8-20H2,1-7H3,(H,37,46)(H,38,48)(H,39,49)(H,40,47). The van der Waals surface area contributed by atoms with E-state index < -0.39 is 41.9 Å². The Balaban J connectivity index is 5.45. The number of unbranched alkanes of at least 4 members (excludes halogenated alkanes) is 1. The zero-order valence-corrected chi connectivity index (χ0v) is 30.3. The van der Waals surface area contributed by atoms with Crippen LogP contribution < -0.4 is 31.9 Å². The van der Waals surface area contributed by atoms with Crippen LogP contribution in [-0.2, 0) is 43.2 Å². The van der Waals surface area contributed by atoms with Gasteiger partial charge in [0, 0.05) is 94.5 Å². The van der Waals surface area contributed by atoms with Gasteiger partial charge in [0.15, 0.2) is 0 Å². The van der Waals surface area contributed by atoms with Gasteiger partial charge >= 0.3 is 0 Å². The number of carbonyl (C=O) groups excluding carboxylic acids is 9. The highest BCUT2D eigenvalue weighted by molar-refractivity contribution is 5.86. The van der Waals surface area contributed by atoms with Gasteiger partial charge < -0.3 is 31.9 Å². The second kappa shape index (κ2) is 25.2. The van der Waals surface area contributed by atoms with E-state index >= 15 is 0 Å². The summed E-state index contributed by atoms with van der Waals surface area (Å²) in [5, 5.41) is 16.9. The monoisotopic (exact) mass is 694 g/mol. The first-order valence-corrected chi connectivity index (χ1v) is 16.9. The van der Waals surface area contributed by atoms with Gasteiger partial charge in [0.1, 0.15) is 28.9 Å². The molecule has 0 heterocycles. The lowest BCUT2D eigenvalue weighted by Gasteiger charge is -2.24. The van der Waals surface area contributed by atoms with Gasteiger partial charge in [-0.05, 0) is 68.0 Å². The van der Waals surface area contributed by atoms with Gasteiger partial charge in [-0.1, -0.05) is 0 Å². The molecule has 6 N–H and O–H groups in total. The molecular formula is C34H58N6O9. The van der Waals surface area contributed by atoms with Crippen molar-refractivity contribution in [2.24, 2.45) is 0 Å². The first kappa shape index (κ1) is 45.2. The fourth-order valence-corrected chi connectivity index (χ4v) is 5.43. The van der Waals surface area contributed by atoms with Crippen molar-refractivity contribution < 1.29 is 43.2 Å². The fraction of sp³-hybridized carbons (Fsp3) is 0.735. The smallest absolute Gasteiger partial charge is 0.222 e. The molecule has 49 heavy (non-hydrogen) atoms.